The molecule has 0 radical (unpaired) electrons. The lowest BCUT2D eigenvalue weighted by Crippen LogP contribution is -2.48. The van der Waals surface area contributed by atoms with Gasteiger partial charge in [-0.1, -0.05) is 32.9 Å². The summed E-state index contributed by atoms with van der Waals surface area (Å²) in [4.78, 5) is 20.7. The fraction of sp³-hybridized carbons (Fsp3) is 0.462. The number of allylic oxidation sites excluding steroid dienone is 3. The first-order valence-corrected chi connectivity index (χ1v) is 11.9. The Kier molecular flexibility index (Phi) is 7.23. The summed E-state index contributed by atoms with van der Waals surface area (Å²) in [5.74, 6) is 1.02. The predicted octanol–water partition coefficient (Wildman–Crippen LogP) is 5.82. The van der Waals surface area contributed by atoms with E-state index in [1.54, 1.807) is 43.7 Å². The summed E-state index contributed by atoms with van der Waals surface area (Å²) < 4.78 is 43.7. The molecule has 3 aliphatic rings. The third kappa shape index (κ3) is 5.55. The molecule has 0 saturated carbocycles. The standard InChI is InChI=1S/C26H30F3N5O/c1-5-19-7-6-8-22(35-26(27,28)29)16(2)13-21(33-19)25-24-20(18(4)17(3)14-32-24)9-12-34(25)23-15-30-10-11-31-23/h6-8,10-11,13-15,17-19,25H,5,9,12H2,1-4H3/b7-6-,16-13+,22-8+,33-21?/t17?,18?,19?,25-/m1/s1. The van der Waals surface area contributed by atoms with Gasteiger partial charge in [-0.05, 0) is 54.9 Å². The molecule has 3 unspecified atom stereocenters. The van der Waals surface area contributed by atoms with Gasteiger partial charge in [-0.3, -0.25) is 15.0 Å². The van der Waals surface area contributed by atoms with Gasteiger partial charge in [-0.15, -0.1) is 13.2 Å². The molecule has 1 aromatic rings. The smallest absolute Gasteiger partial charge is 0.406 e. The van der Waals surface area contributed by atoms with Gasteiger partial charge in [0.1, 0.15) is 17.6 Å². The van der Waals surface area contributed by atoms with Crippen LogP contribution in [-0.2, 0) is 4.74 Å². The van der Waals surface area contributed by atoms with Crippen LogP contribution in [0.2, 0.25) is 0 Å². The summed E-state index contributed by atoms with van der Waals surface area (Å²) in [6, 6.07) is -0.626. The Bertz CT molecular complexity index is 1120. The minimum Gasteiger partial charge on any atom is -0.406 e. The van der Waals surface area contributed by atoms with E-state index in [1.165, 1.54) is 11.6 Å². The number of rotatable bonds is 4. The lowest BCUT2D eigenvalue weighted by molar-refractivity contribution is -0.303. The number of halogens is 3. The second-order valence-corrected chi connectivity index (χ2v) is 9.07. The van der Waals surface area contributed by atoms with E-state index in [2.05, 4.69) is 33.5 Å². The van der Waals surface area contributed by atoms with Crippen LogP contribution in [0.1, 0.15) is 40.5 Å². The molecule has 4 rings (SSSR count). The Hall–Kier alpha value is -3.23. The van der Waals surface area contributed by atoms with Gasteiger partial charge >= 0.3 is 6.36 Å². The summed E-state index contributed by atoms with van der Waals surface area (Å²) in [6.45, 7) is 8.62. The fourth-order valence-corrected chi connectivity index (χ4v) is 4.65. The number of aromatic nitrogens is 2. The fourth-order valence-electron chi connectivity index (χ4n) is 4.65. The topological polar surface area (TPSA) is 63.0 Å². The van der Waals surface area contributed by atoms with E-state index in [0.717, 1.165) is 12.1 Å². The van der Waals surface area contributed by atoms with E-state index in [1.807, 2.05) is 13.1 Å². The maximum absolute atomic E-state index is 13.1. The number of anilines is 1. The van der Waals surface area contributed by atoms with Gasteiger partial charge < -0.3 is 9.64 Å². The minimum atomic E-state index is -4.80. The molecule has 4 heterocycles. The summed E-state index contributed by atoms with van der Waals surface area (Å²) in [6.07, 6.45) is 10.0. The molecule has 0 fully saturated rings. The minimum absolute atomic E-state index is 0.214. The van der Waals surface area contributed by atoms with Crippen LogP contribution in [0.25, 0.3) is 0 Å². The van der Waals surface area contributed by atoms with Crippen LogP contribution in [0, 0.1) is 11.8 Å². The highest BCUT2D eigenvalue weighted by molar-refractivity contribution is 6.05. The third-order valence-corrected chi connectivity index (χ3v) is 6.73. The molecule has 9 heteroatoms. The van der Waals surface area contributed by atoms with Crippen LogP contribution in [0.15, 0.2) is 75.5 Å². The van der Waals surface area contributed by atoms with Gasteiger partial charge in [0, 0.05) is 25.2 Å². The Labute approximate surface area is 203 Å². The van der Waals surface area contributed by atoms with Crippen molar-refractivity contribution in [3.05, 3.63) is 65.5 Å². The molecule has 0 aromatic carbocycles. The Morgan fingerprint density at radius 3 is 2.69 bits per heavy atom. The van der Waals surface area contributed by atoms with Crippen molar-refractivity contribution in [2.45, 2.75) is 59.0 Å². The number of ether oxygens (including phenoxy) is 1. The molecular formula is C26H30F3N5O. The second-order valence-electron chi connectivity index (χ2n) is 9.07. The molecule has 4 atom stereocenters. The first-order chi connectivity index (χ1) is 16.7. The number of nitrogens with zero attached hydrogens (tertiary/aromatic N) is 5. The average Bonchev–Trinajstić information content (AvgIpc) is 2.90. The van der Waals surface area contributed by atoms with Gasteiger partial charge in [-0.2, -0.15) is 0 Å². The zero-order chi connectivity index (χ0) is 25.2. The Morgan fingerprint density at radius 1 is 1.20 bits per heavy atom. The van der Waals surface area contributed by atoms with E-state index in [0.29, 0.717) is 41.9 Å². The van der Waals surface area contributed by atoms with Crippen molar-refractivity contribution in [1.29, 1.82) is 0 Å². The van der Waals surface area contributed by atoms with Crippen molar-refractivity contribution in [2.24, 2.45) is 21.8 Å². The maximum atomic E-state index is 13.1. The maximum Gasteiger partial charge on any atom is 0.573 e. The number of alkyl halides is 3. The van der Waals surface area contributed by atoms with Crippen molar-refractivity contribution in [3.63, 3.8) is 0 Å². The quantitative estimate of drug-likeness (QED) is 0.539. The SMILES string of the molecule is CCC1\C=C/C=C(OC(F)(F)F)\C(C)=C\C([C@@H]2C3=C(CCN2c2cnccn2)C(C)C(C)C=N3)=N1. The highest BCUT2D eigenvalue weighted by Crippen LogP contribution is 2.38. The van der Waals surface area contributed by atoms with Crippen LogP contribution in [0.4, 0.5) is 19.0 Å². The number of aliphatic imine (C=N–C) groups is 2. The summed E-state index contributed by atoms with van der Waals surface area (Å²) in [7, 11) is 0. The zero-order valence-corrected chi connectivity index (χ0v) is 20.3. The summed E-state index contributed by atoms with van der Waals surface area (Å²) in [5, 5.41) is 0. The van der Waals surface area contributed by atoms with Gasteiger partial charge in [0.2, 0.25) is 0 Å². The lowest BCUT2D eigenvalue weighted by Gasteiger charge is -2.42. The van der Waals surface area contributed by atoms with Gasteiger partial charge in [-0.25, -0.2) is 4.98 Å². The van der Waals surface area contributed by atoms with Gasteiger partial charge in [0.05, 0.1) is 23.6 Å². The number of hydrogen-bond acceptors (Lipinski definition) is 6. The molecule has 35 heavy (non-hydrogen) atoms. The lowest BCUT2D eigenvalue weighted by atomic mass is 9.80. The predicted molar refractivity (Wildman–Crippen MR) is 131 cm³/mol. The molecule has 0 aliphatic carbocycles. The van der Waals surface area contributed by atoms with E-state index in [-0.39, 0.29) is 11.8 Å². The molecule has 0 N–H and O–H groups in total. The normalized spacial score (nSPS) is 31.2. The summed E-state index contributed by atoms with van der Waals surface area (Å²) in [5.41, 5.74) is 3.09. The molecule has 6 nitrogen and oxygen atoms in total. The number of hydrogen-bond donors (Lipinski definition) is 0. The highest BCUT2D eigenvalue weighted by Gasteiger charge is 2.38. The Balaban J connectivity index is 1.88. The molecule has 0 amide bonds. The first kappa shape index (κ1) is 24.9. The Morgan fingerprint density at radius 2 is 2.00 bits per heavy atom. The van der Waals surface area contributed by atoms with Crippen molar-refractivity contribution in [3.8, 4) is 0 Å². The van der Waals surface area contributed by atoms with Gasteiger partial charge in [0.25, 0.3) is 0 Å². The molecule has 1 aromatic heterocycles. The largest absolute Gasteiger partial charge is 0.573 e. The molecule has 3 aliphatic heterocycles. The van der Waals surface area contributed by atoms with Crippen molar-refractivity contribution in [2.75, 3.05) is 11.4 Å². The molecule has 186 valence electrons. The highest BCUT2D eigenvalue weighted by atomic mass is 19.4. The van der Waals surface area contributed by atoms with E-state index >= 15 is 0 Å². The summed E-state index contributed by atoms with van der Waals surface area (Å²) >= 11 is 0. The van der Waals surface area contributed by atoms with Crippen molar-refractivity contribution >= 4 is 17.7 Å². The van der Waals surface area contributed by atoms with Gasteiger partial charge in [0.15, 0.2) is 0 Å². The third-order valence-electron chi connectivity index (χ3n) is 6.73. The van der Waals surface area contributed by atoms with Crippen molar-refractivity contribution in [1.82, 2.24) is 9.97 Å². The van der Waals surface area contributed by atoms with Crippen LogP contribution in [-0.4, -0.2) is 46.9 Å². The van der Waals surface area contributed by atoms with Crippen LogP contribution >= 0.6 is 0 Å². The molecule has 0 bridgehead atoms. The molecular weight excluding hydrogens is 455 g/mol. The average molecular weight is 486 g/mol. The second kappa shape index (κ2) is 10.2. The first-order valence-electron chi connectivity index (χ1n) is 11.9. The van der Waals surface area contributed by atoms with E-state index in [9.17, 15) is 13.2 Å². The van der Waals surface area contributed by atoms with Crippen LogP contribution in [0.5, 0.6) is 0 Å². The monoisotopic (exact) mass is 485 g/mol. The molecule has 0 saturated heterocycles. The van der Waals surface area contributed by atoms with Crippen LogP contribution in [0.3, 0.4) is 0 Å². The zero-order valence-electron chi connectivity index (χ0n) is 20.3. The van der Waals surface area contributed by atoms with E-state index < -0.39 is 12.4 Å². The van der Waals surface area contributed by atoms with Crippen molar-refractivity contribution < 1.29 is 17.9 Å². The van der Waals surface area contributed by atoms with E-state index in [4.69, 9.17) is 9.98 Å². The van der Waals surface area contributed by atoms with Crippen LogP contribution < -0.4 is 4.90 Å². The molecule has 0 spiro atoms.